The van der Waals surface area contributed by atoms with E-state index in [1.54, 1.807) is 0 Å². The number of hydrogen-bond donors (Lipinski definition) is 2. The molecule has 0 amide bonds. The van der Waals surface area contributed by atoms with Crippen molar-refractivity contribution in [1.82, 2.24) is 4.98 Å². The molecule has 0 fully saturated rings. The van der Waals surface area contributed by atoms with E-state index in [-0.39, 0.29) is 15.9 Å². The number of pyridine rings is 1. The summed E-state index contributed by atoms with van der Waals surface area (Å²) < 4.78 is 40.1. The maximum atomic E-state index is 13.6. The quantitative estimate of drug-likeness (QED) is 0.827. The number of aromatic nitrogens is 1. The van der Waals surface area contributed by atoms with Crippen molar-refractivity contribution in [1.29, 1.82) is 0 Å². The molecule has 0 radical (unpaired) electrons. The van der Waals surface area contributed by atoms with Crippen LogP contribution in [0, 0.1) is 17.5 Å². The van der Waals surface area contributed by atoms with Gasteiger partial charge < -0.3 is 10.6 Å². The Morgan fingerprint density at radius 2 is 1.57 bits per heavy atom. The third-order valence-electron chi connectivity index (χ3n) is 2.52. The van der Waals surface area contributed by atoms with E-state index in [2.05, 4.69) is 15.6 Å². The van der Waals surface area contributed by atoms with Crippen molar-refractivity contribution >= 4 is 40.5 Å². The molecule has 1 heterocycles. The molecule has 112 valence electrons. The summed E-state index contributed by atoms with van der Waals surface area (Å²) in [5.74, 6) is -2.88. The third-order valence-corrected chi connectivity index (χ3v) is 3.10. The molecular weight excluding hydrogens is 326 g/mol. The summed E-state index contributed by atoms with van der Waals surface area (Å²) in [6.45, 7) is 2.38. The summed E-state index contributed by atoms with van der Waals surface area (Å²) in [7, 11) is 0. The van der Waals surface area contributed by atoms with Gasteiger partial charge in [-0.05, 0) is 13.0 Å². The van der Waals surface area contributed by atoms with Crippen LogP contribution < -0.4 is 10.6 Å². The van der Waals surface area contributed by atoms with Gasteiger partial charge in [0, 0.05) is 18.7 Å². The van der Waals surface area contributed by atoms with Gasteiger partial charge in [0.15, 0.2) is 17.5 Å². The number of anilines is 3. The van der Waals surface area contributed by atoms with E-state index in [1.165, 1.54) is 6.07 Å². The molecule has 0 aliphatic heterocycles. The second-order valence-corrected chi connectivity index (χ2v) is 4.86. The van der Waals surface area contributed by atoms with Crippen molar-refractivity contribution in [2.45, 2.75) is 6.92 Å². The van der Waals surface area contributed by atoms with Gasteiger partial charge in [-0.1, -0.05) is 23.2 Å². The molecule has 2 aromatic rings. The van der Waals surface area contributed by atoms with Crippen molar-refractivity contribution in [3.05, 3.63) is 45.7 Å². The van der Waals surface area contributed by atoms with Gasteiger partial charge in [-0.3, -0.25) is 0 Å². The minimum Gasteiger partial charge on any atom is -0.369 e. The molecule has 0 bridgehead atoms. The highest BCUT2D eigenvalue weighted by molar-refractivity contribution is 6.37. The molecule has 1 aromatic carbocycles. The lowest BCUT2D eigenvalue weighted by Gasteiger charge is -2.12. The Bertz CT molecular complexity index is 657. The van der Waals surface area contributed by atoms with E-state index >= 15 is 0 Å². The molecule has 0 atom stereocenters. The highest BCUT2D eigenvalue weighted by Gasteiger charge is 2.15. The lowest BCUT2D eigenvalue weighted by molar-refractivity contribution is 0.549. The predicted octanol–water partition coefficient (Wildman–Crippen LogP) is 4.98. The topological polar surface area (TPSA) is 37.0 Å². The fourth-order valence-corrected chi connectivity index (χ4v) is 2.10. The molecule has 2 rings (SSSR count). The minimum atomic E-state index is -1.09. The molecule has 2 N–H and O–H groups in total. The Hall–Kier alpha value is -1.66. The zero-order chi connectivity index (χ0) is 15.6. The smallest absolute Gasteiger partial charge is 0.152 e. The first kappa shape index (κ1) is 15.7. The second kappa shape index (κ2) is 6.41. The van der Waals surface area contributed by atoms with Crippen LogP contribution in [0.1, 0.15) is 6.92 Å². The number of nitrogens with one attached hydrogen (secondary N) is 2. The molecule has 21 heavy (non-hydrogen) atoms. The zero-order valence-corrected chi connectivity index (χ0v) is 12.3. The molecule has 3 nitrogen and oxygen atoms in total. The highest BCUT2D eigenvalue weighted by Crippen LogP contribution is 2.32. The monoisotopic (exact) mass is 335 g/mol. The number of halogens is 5. The molecule has 0 aliphatic rings. The molecule has 8 heteroatoms. The first-order valence-electron chi connectivity index (χ1n) is 5.93. The average molecular weight is 336 g/mol. The first-order chi connectivity index (χ1) is 9.92. The standard InChI is InChI=1S/C13H10Cl2F3N3/c1-2-19-12-7(14)5-8(15)13(21-12)20-11-9(17)3-6(16)4-10(11)18/h3-5H,2H2,1H3,(H2,19,20,21). The SMILES string of the molecule is CCNc1nc(Nc2c(F)cc(F)cc2F)c(Cl)cc1Cl. The van der Waals surface area contributed by atoms with Gasteiger partial charge >= 0.3 is 0 Å². The van der Waals surface area contributed by atoms with Crippen LogP contribution in [0.5, 0.6) is 0 Å². The van der Waals surface area contributed by atoms with E-state index in [4.69, 9.17) is 23.2 Å². The van der Waals surface area contributed by atoms with Crippen LogP contribution in [-0.2, 0) is 0 Å². The van der Waals surface area contributed by atoms with E-state index in [0.29, 0.717) is 24.5 Å². The molecular formula is C13H10Cl2F3N3. The molecule has 0 saturated carbocycles. The third kappa shape index (κ3) is 3.51. The molecule has 0 aliphatic carbocycles. The Kier molecular flexibility index (Phi) is 4.80. The predicted molar refractivity (Wildman–Crippen MR) is 78.0 cm³/mol. The number of nitrogens with zero attached hydrogens (tertiary/aromatic N) is 1. The Labute approximate surface area is 129 Å². The first-order valence-corrected chi connectivity index (χ1v) is 6.69. The van der Waals surface area contributed by atoms with Crippen LogP contribution >= 0.6 is 23.2 Å². The Balaban J connectivity index is 2.42. The maximum absolute atomic E-state index is 13.6. The lowest BCUT2D eigenvalue weighted by atomic mass is 10.2. The maximum Gasteiger partial charge on any atom is 0.152 e. The summed E-state index contributed by atoms with van der Waals surface area (Å²) in [4.78, 5) is 4.05. The summed E-state index contributed by atoms with van der Waals surface area (Å²) in [6.07, 6.45) is 0. The molecule has 0 spiro atoms. The highest BCUT2D eigenvalue weighted by atomic mass is 35.5. The second-order valence-electron chi connectivity index (χ2n) is 4.05. The van der Waals surface area contributed by atoms with Gasteiger partial charge in [-0.15, -0.1) is 0 Å². The van der Waals surface area contributed by atoms with Gasteiger partial charge in [0.1, 0.15) is 17.3 Å². The van der Waals surface area contributed by atoms with Gasteiger partial charge in [-0.2, -0.15) is 0 Å². The fraction of sp³-hybridized carbons (Fsp3) is 0.154. The molecule has 0 saturated heterocycles. The Morgan fingerprint density at radius 1 is 1.00 bits per heavy atom. The van der Waals surface area contributed by atoms with E-state index < -0.39 is 23.1 Å². The Morgan fingerprint density at radius 3 is 2.14 bits per heavy atom. The number of rotatable bonds is 4. The van der Waals surface area contributed by atoms with Crippen LogP contribution in [0.15, 0.2) is 18.2 Å². The number of hydrogen-bond acceptors (Lipinski definition) is 3. The minimum absolute atomic E-state index is 0.00132. The fourth-order valence-electron chi connectivity index (χ4n) is 1.63. The van der Waals surface area contributed by atoms with Crippen molar-refractivity contribution in [2.24, 2.45) is 0 Å². The molecule has 0 unspecified atom stereocenters. The van der Waals surface area contributed by atoms with Crippen LogP contribution in [0.2, 0.25) is 10.0 Å². The zero-order valence-electron chi connectivity index (χ0n) is 10.8. The van der Waals surface area contributed by atoms with Crippen molar-refractivity contribution in [2.75, 3.05) is 17.2 Å². The summed E-state index contributed by atoms with van der Waals surface area (Å²) in [5, 5.41) is 5.63. The van der Waals surface area contributed by atoms with Crippen molar-refractivity contribution in [3.63, 3.8) is 0 Å². The van der Waals surface area contributed by atoms with E-state index in [0.717, 1.165) is 0 Å². The van der Waals surface area contributed by atoms with E-state index in [9.17, 15) is 13.2 Å². The molecule has 1 aromatic heterocycles. The van der Waals surface area contributed by atoms with Crippen molar-refractivity contribution < 1.29 is 13.2 Å². The van der Waals surface area contributed by atoms with Gasteiger partial charge in [-0.25, -0.2) is 18.2 Å². The van der Waals surface area contributed by atoms with Gasteiger partial charge in [0.2, 0.25) is 0 Å². The van der Waals surface area contributed by atoms with Crippen LogP contribution in [0.25, 0.3) is 0 Å². The normalized spacial score (nSPS) is 10.6. The van der Waals surface area contributed by atoms with E-state index in [1.807, 2.05) is 6.92 Å². The largest absolute Gasteiger partial charge is 0.369 e. The summed E-state index contributed by atoms with van der Waals surface area (Å²) in [5.41, 5.74) is -0.546. The lowest BCUT2D eigenvalue weighted by Crippen LogP contribution is -2.05. The van der Waals surface area contributed by atoms with Crippen molar-refractivity contribution in [3.8, 4) is 0 Å². The van der Waals surface area contributed by atoms with Crippen LogP contribution in [-0.4, -0.2) is 11.5 Å². The van der Waals surface area contributed by atoms with Gasteiger partial charge in [0.25, 0.3) is 0 Å². The number of benzene rings is 1. The van der Waals surface area contributed by atoms with Crippen LogP contribution in [0.3, 0.4) is 0 Å². The van der Waals surface area contributed by atoms with Crippen LogP contribution in [0.4, 0.5) is 30.5 Å². The average Bonchev–Trinajstić information content (AvgIpc) is 2.38. The summed E-state index contributed by atoms with van der Waals surface area (Å²) in [6, 6.07) is 2.50. The van der Waals surface area contributed by atoms with Gasteiger partial charge in [0.05, 0.1) is 10.0 Å². The summed E-state index contributed by atoms with van der Waals surface area (Å²) >= 11 is 11.9.